The fourth-order valence-electron chi connectivity index (χ4n) is 1.59. The van der Waals surface area contributed by atoms with E-state index in [0.717, 1.165) is 6.42 Å². The molecule has 0 fully saturated rings. The first kappa shape index (κ1) is 16.9. The monoisotopic (exact) mass is 272 g/mol. The van der Waals surface area contributed by atoms with Crippen LogP contribution in [-0.2, 0) is 11.2 Å². The molecule has 0 radical (unpaired) electrons. The third-order valence-electron chi connectivity index (χ3n) is 2.49. The number of halogens is 1. The Hall–Kier alpha value is -1.10. The average molecular weight is 273 g/mol. The van der Waals surface area contributed by atoms with Gasteiger partial charge < -0.3 is 17.5 Å². The minimum absolute atomic E-state index is 0. The molecule has 1 aromatic carbocycles. The van der Waals surface area contributed by atoms with Crippen molar-refractivity contribution in [1.29, 1.82) is 0 Å². The predicted molar refractivity (Wildman–Crippen MR) is 66.0 cm³/mol. The molecule has 18 heavy (non-hydrogen) atoms. The Balaban J connectivity index is 0.00000289. The molecule has 0 aliphatic heterocycles. The number of aliphatic hydroxyl groups is 1. The van der Waals surface area contributed by atoms with Gasteiger partial charge in [-0.15, -0.1) is 0 Å². The molecule has 0 saturated heterocycles. The summed E-state index contributed by atoms with van der Waals surface area (Å²) >= 11 is 0. The van der Waals surface area contributed by atoms with Crippen LogP contribution in [0.5, 0.6) is 0 Å². The lowest BCUT2D eigenvalue weighted by molar-refractivity contribution is -0.727. The number of carbonyl (C=O) groups is 1. The Morgan fingerprint density at radius 1 is 1.39 bits per heavy atom. The highest BCUT2D eigenvalue weighted by molar-refractivity contribution is 5.74. The van der Waals surface area contributed by atoms with E-state index < -0.39 is 0 Å². The molecule has 0 bridgehead atoms. The van der Waals surface area contributed by atoms with Crippen molar-refractivity contribution >= 4 is 5.91 Å². The summed E-state index contributed by atoms with van der Waals surface area (Å²) in [7, 11) is 0. The van der Waals surface area contributed by atoms with Gasteiger partial charge in [-0.1, -0.05) is 30.3 Å². The number of hydrogen-bond donors (Lipinski definition) is 3. The molecule has 1 unspecified atom stereocenters. The van der Waals surface area contributed by atoms with E-state index >= 15 is 0 Å². The van der Waals surface area contributed by atoms with E-state index in [1.165, 1.54) is 5.56 Å². The number of hydrogen-bond acceptors (Lipinski definition) is 2. The van der Waals surface area contributed by atoms with Crippen LogP contribution < -0.4 is 23.3 Å². The van der Waals surface area contributed by atoms with Gasteiger partial charge in [0.1, 0.15) is 6.04 Å². The summed E-state index contributed by atoms with van der Waals surface area (Å²) in [5, 5.41) is 8.60. The zero-order chi connectivity index (χ0) is 12.5. The molecule has 0 aromatic heterocycles. The lowest BCUT2D eigenvalue weighted by Gasteiger charge is -2.11. The van der Waals surface area contributed by atoms with Gasteiger partial charge in [0.05, 0.1) is 0 Å². The number of nitrogens with one attached hydrogen (secondary N) is 1. The maximum atomic E-state index is 11.3. The highest BCUT2D eigenvalue weighted by Crippen LogP contribution is 2.00. The van der Waals surface area contributed by atoms with Crippen LogP contribution in [0.4, 0.5) is 0 Å². The Bertz CT molecular complexity index is 333. The van der Waals surface area contributed by atoms with Crippen molar-refractivity contribution in [3.05, 3.63) is 35.9 Å². The maximum absolute atomic E-state index is 11.3. The number of aliphatic hydroxyl groups excluding tert-OH is 1. The Kier molecular flexibility index (Phi) is 9.28. The summed E-state index contributed by atoms with van der Waals surface area (Å²) in [6, 6.07) is 10.5. The second-order valence-electron chi connectivity index (χ2n) is 4.23. The van der Waals surface area contributed by atoms with Crippen molar-refractivity contribution in [3.8, 4) is 0 Å². The number of amides is 1. The van der Waals surface area contributed by atoms with Crippen molar-refractivity contribution in [2.45, 2.75) is 32.2 Å². The van der Waals surface area contributed by atoms with Gasteiger partial charge in [-0.25, -0.2) is 10.9 Å². The van der Waals surface area contributed by atoms with E-state index in [9.17, 15) is 4.79 Å². The fourth-order valence-corrected chi connectivity index (χ4v) is 1.59. The largest absolute Gasteiger partial charge is 1.00 e. The normalized spacial score (nSPS) is 11.4. The molecule has 1 amide bonds. The molecule has 102 valence electrons. The molecule has 4 nitrogen and oxygen atoms in total. The Labute approximate surface area is 114 Å². The summed E-state index contributed by atoms with van der Waals surface area (Å²) in [5.41, 5.74) is 5.85. The molecule has 0 heterocycles. The van der Waals surface area contributed by atoms with Crippen LogP contribution in [0.3, 0.4) is 0 Å². The molecule has 4 N–H and O–H groups in total. The van der Waals surface area contributed by atoms with E-state index in [0.29, 0.717) is 18.9 Å². The molecule has 1 aromatic rings. The number of rotatable bonds is 7. The first-order valence-corrected chi connectivity index (χ1v) is 6.00. The lowest BCUT2D eigenvalue weighted by Crippen LogP contribution is -3.00. The van der Waals surface area contributed by atoms with Crippen LogP contribution in [0.2, 0.25) is 0 Å². The minimum atomic E-state index is -0.0287. The van der Waals surface area contributed by atoms with E-state index in [1.54, 1.807) is 0 Å². The smallest absolute Gasteiger partial charge is 0.264 e. The van der Waals surface area contributed by atoms with Gasteiger partial charge in [0.25, 0.3) is 5.91 Å². The summed E-state index contributed by atoms with van der Waals surface area (Å²) in [4.78, 5) is 11.3. The summed E-state index contributed by atoms with van der Waals surface area (Å²) in [5.74, 6) is -0.0287. The standard InChI is InChI=1S/C13H20N2O2.ClH/c1-11(10-12-6-3-2-4-7-12)14-15-13(17)8-5-9-16;/h2-4,6-7,11,14,16H,5,8-10H2,1H3,(H,15,17);1H. The highest BCUT2D eigenvalue weighted by atomic mass is 35.5. The first-order valence-electron chi connectivity index (χ1n) is 6.00. The van der Waals surface area contributed by atoms with Gasteiger partial charge in [0.15, 0.2) is 0 Å². The van der Waals surface area contributed by atoms with Crippen molar-refractivity contribution in [1.82, 2.24) is 5.43 Å². The maximum Gasteiger partial charge on any atom is 0.264 e. The summed E-state index contributed by atoms with van der Waals surface area (Å²) in [6.45, 7) is 2.13. The zero-order valence-electron chi connectivity index (χ0n) is 10.6. The topological polar surface area (TPSA) is 65.9 Å². The third-order valence-corrected chi connectivity index (χ3v) is 2.49. The second kappa shape index (κ2) is 9.88. The molecule has 0 aliphatic rings. The quantitative estimate of drug-likeness (QED) is 0.281. The lowest BCUT2D eigenvalue weighted by atomic mass is 10.1. The van der Waals surface area contributed by atoms with E-state index in [1.807, 2.05) is 23.6 Å². The molecular formula is C13H21ClN2O2. The number of nitrogens with two attached hydrogens (primary N) is 1. The summed E-state index contributed by atoms with van der Waals surface area (Å²) < 4.78 is 0. The number of carbonyl (C=O) groups excluding carboxylic acids is 1. The predicted octanol–water partition coefficient (Wildman–Crippen LogP) is -3.01. The van der Waals surface area contributed by atoms with Crippen LogP contribution in [0, 0.1) is 0 Å². The second-order valence-corrected chi connectivity index (χ2v) is 4.23. The Morgan fingerprint density at radius 3 is 2.67 bits per heavy atom. The van der Waals surface area contributed by atoms with Gasteiger partial charge >= 0.3 is 0 Å². The van der Waals surface area contributed by atoms with Crippen LogP contribution in [-0.4, -0.2) is 23.7 Å². The molecule has 0 aliphatic carbocycles. The molecule has 1 atom stereocenters. The molecule has 0 spiro atoms. The molecule has 1 rings (SSSR count). The van der Waals surface area contributed by atoms with Crippen LogP contribution in [0.15, 0.2) is 30.3 Å². The van der Waals surface area contributed by atoms with Gasteiger partial charge in [0, 0.05) is 19.4 Å². The minimum Gasteiger partial charge on any atom is -1.00 e. The van der Waals surface area contributed by atoms with Crippen molar-refractivity contribution < 1.29 is 27.7 Å². The average Bonchev–Trinajstić information content (AvgIpc) is 2.35. The highest BCUT2D eigenvalue weighted by Gasteiger charge is 2.08. The van der Waals surface area contributed by atoms with Crippen molar-refractivity contribution in [3.63, 3.8) is 0 Å². The first-order chi connectivity index (χ1) is 8.22. The van der Waals surface area contributed by atoms with Crippen molar-refractivity contribution in [2.24, 2.45) is 0 Å². The third kappa shape index (κ3) is 7.27. The van der Waals surface area contributed by atoms with Gasteiger partial charge in [-0.3, -0.25) is 4.79 Å². The van der Waals surface area contributed by atoms with E-state index in [2.05, 4.69) is 24.5 Å². The summed E-state index contributed by atoms with van der Waals surface area (Å²) in [6.07, 6.45) is 1.82. The van der Waals surface area contributed by atoms with Crippen molar-refractivity contribution in [2.75, 3.05) is 6.61 Å². The molecule has 5 heteroatoms. The number of quaternary nitrogens is 1. The van der Waals surface area contributed by atoms with Gasteiger partial charge in [-0.05, 0) is 18.9 Å². The SMILES string of the molecule is CC(Cc1ccccc1)[NH2+]NC(=O)CCCO.[Cl-]. The molecular weight excluding hydrogens is 252 g/mol. The van der Waals surface area contributed by atoms with E-state index in [4.69, 9.17) is 5.11 Å². The van der Waals surface area contributed by atoms with Gasteiger partial charge in [-0.2, -0.15) is 0 Å². The van der Waals surface area contributed by atoms with Crippen LogP contribution >= 0.6 is 0 Å². The Morgan fingerprint density at radius 2 is 2.06 bits per heavy atom. The van der Waals surface area contributed by atoms with Crippen LogP contribution in [0.25, 0.3) is 0 Å². The zero-order valence-corrected chi connectivity index (χ0v) is 11.4. The van der Waals surface area contributed by atoms with E-state index in [-0.39, 0.29) is 24.9 Å². The van der Waals surface area contributed by atoms with Gasteiger partial charge in [0.2, 0.25) is 0 Å². The fraction of sp³-hybridized carbons (Fsp3) is 0.462. The molecule has 0 saturated carbocycles. The van der Waals surface area contributed by atoms with Crippen LogP contribution in [0.1, 0.15) is 25.3 Å². The number of benzene rings is 1.